The Bertz CT molecular complexity index is 718. The molecule has 0 aliphatic carbocycles. The summed E-state index contributed by atoms with van der Waals surface area (Å²) in [5.41, 5.74) is 9.08. The van der Waals surface area contributed by atoms with Crippen LogP contribution in [0.3, 0.4) is 0 Å². The molecule has 2 heterocycles. The van der Waals surface area contributed by atoms with E-state index in [-0.39, 0.29) is 0 Å². The lowest BCUT2D eigenvalue weighted by molar-refractivity contribution is 0.100. The van der Waals surface area contributed by atoms with Crippen molar-refractivity contribution in [3.63, 3.8) is 0 Å². The van der Waals surface area contributed by atoms with E-state index in [2.05, 4.69) is 28.0 Å². The zero-order valence-electron chi connectivity index (χ0n) is 13.2. The second-order valence-corrected chi connectivity index (χ2v) is 7.06. The van der Waals surface area contributed by atoms with Gasteiger partial charge in [-0.3, -0.25) is 4.79 Å². The number of aryl methyl sites for hydroxylation is 2. The van der Waals surface area contributed by atoms with Crippen LogP contribution in [0.15, 0.2) is 18.2 Å². The largest absolute Gasteiger partial charge is 0.367 e. The molecule has 0 saturated carbocycles. The molecule has 1 aromatic carbocycles. The molecular weight excluding hydrogens is 332 g/mol. The number of nitrogens with zero attached hydrogens (tertiary/aromatic N) is 3. The third kappa shape index (κ3) is 3.14. The first-order valence-corrected chi connectivity index (χ1v) is 8.64. The Morgan fingerprint density at radius 3 is 2.43 bits per heavy atom. The number of hydrogen-bond acceptors (Lipinski definition) is 5. The zero-order valence-corrected chi connectivity index (χ0v) is 14.7. The van der Waals surface area contributed by atoms with Crippen molar-refractivity contribution in [3.8, 4) is 0 Å². The maximum atomic E-state index is 11.4. The smallest absolute Gasteiger partial charge is 0.248 e. The summed E-state index contributed by atoms with van der Waals surface area (Å²) in [6.07, 6.45) is 0. The molecule has 1 aliphatic heterocycles. The van der Waals surface area contributed by atoms with E-state index >= 15 is 0 Å². The predicted molar refractivity (Wildman–Crippen MR) is 96.0 cm³/mol. The quantitative estimate of drug-likeness (QED) is 0.924. The van der Waals surface area contributed by atoms with Crippen LogP contribution in [-0.4, -0.2) is 36.5 Å². The summed E-state index contributed by atoms with van der Waals surface area (Å²) in [6, 6.07) is 5.18. The number of anilines is 2. The van der Waals surface area contributed by atoms with Gasteiger partial charge in [-0.05, 0) is 43.6 Å². The van der Waals surface area contributed by atoms with Crippen LogP contribution in [-0.2, 0) is 0 Å². The molecule has 1 fully saturated rings. The highest BCUT2D eigenvalue weighted by Crippen LogP contribution is 2.31. The lowest BCUT2D eigenvalue weighted by Gasteiger charge is -2.38. The number of aromatic nitrogens is 1. The van der Waals surface area contributed by atoms with E-state index in [9.17, 15) is 4.79 Å². The molecule has 0 spiro atoms. The molecule has 1 amide bonds. The molecule has 1 aromatic heterocycles. The number of nitrogens with two attached hydrogens (primary N) is 1. The molecule has 5 nitrogen and oxygen atoms in total. The van der Waals surface area contributed by atoms with Gasteiger partial charge in [0.2, 0.25) is 5.91 Å². The van der Waals surface area contributed by atoms with Gasteiger partial charge in [0.25, 0.3) is 0 Å². The van der Waals surface area contributed by atoms with Crippen molar-refractivity contribution in [3.05, 3.63) is 39.4 Å². The topological polar surface area (TPSA) is 62.5 Å². The fourth-order valence-electron chi connectivity index (χ4n) is 3.01. The third-order valence-corrected chi connectivity index (χ3v) is 5.31. The second-order valence-electron chi connectivity index (χ2n) is 5.68. The monoisotopic (exact) mass is 350 g/mol. The lowest BCUT2D eigenvalue weighted by Crippen LogP contribution is -2.47. The van der Waals surface area contributed by atoms with E-state index in [4.69, 9.17) is 17.3 Å². The number of primary amides is 1. The van der Waals surface area contributed by atoms with Crippen molar-refractivity contribution in [2.24, 2.45) is 5.73 Å². The summed E-state index contributed by atoms with van der Waals surface area (Å²) in [5, 5.41) is 0.646. The minimum Gasteiger partial charge on any atom is -0.367 e. The summed E-state index contributed by atoms with van der Waals surface area (Å²) in [5.74, 6) is -0.433. The van der Waals surface area contributed by atoms with Gasteiger partial charge in [-0.15, -0.1) is 0 Å². The Morgan fingerprint density at radius 1 is 1.22 bits per heavy atom. The highest BCUT2D eigenvalue weighted by Gasteiger charge is 2.23. The fraction of sp³-hybridized carbons (Fsp3) is 0.375. The van der Waals surface area contributed by atoms with Crippen molar-refractivity contribution in [1.82, 2.24) is 4.37 Å². The molecule has 1 saturated heterocycles. The third-order valence-electron chi connectivity index (χ3n) is 4.16. The van der Waals surface area contributed by atoms with Crippen LogP contribution < -0.4 is 15.5 Å². The van der Waals surface area contributed by atoms with Crippen molar-refractivity contribution in [2.45, 2.75) is 13.8 Å². The summed E-state index contributed by atoms with van der Waals surface area (Å²) in [6.45, 7) is 7.65. The molecule has 0 unspecified atom stereocenters. The number of benzene rings is 1. The normalized spacial score (nSPS) is 15.1. The second kappa shape index (κ2) is 6.37. The van der Waals surface area contributed by atoms with Gasteiger partial charge >= 0.3 is 0 Å². The van der Waals surface area contributed by atoms with Crippen LogP contribution in [0.2, 0.25) is 5.02 Å². The number of rotatable bonds is 3. The first kappa shape index (κ1) is 16.1. The van der Waals surface area contributed by atoms with Gasteiger partial charge in [-0.2, -0.15) is 4.37 Å². The average Bonchev–Trinajstić information content (AvgIpc) is 2.87. The maximum absolute atomic E-state index is 11.4. The number of carbonyl (C=O) groups excluding carboxylic acids is 1. The van der Waals surface area contributed by atoms with Gasteiger partial charge in [0.05, 0.1) is 22.1 Å². The summed E-state index contributed by atoms with van der Waals surface area (Å²) in [4.78, 5) is 17.2. The summed E-state index contributed by atoms with van der Waals surface area (Å²) >= 11 is 7.86. The Morgan fingerprint density at radius 2 is 1.87 bits per heavy atom. The molecule has 0 bridgehead atoms. The van der Waals surface area contributed by atoms with Gasteiger partial charge in [-0.1, -0.05) is 11.6 Å². The molecule has 2 N–H and O–H groups in total. The number of hydrogen-bond donors (Lipinski definition) is 1. The standard InChI is InChI=1S/C16H19ClN4OS/c1-10-15(11(2)23-19-10)21-7-5-20(6-8-21)14-9-12(16(18)22)3-4-13(14)17/h3-4,9H,5-8H2,1-2H3,(H2,18,22). The summed E-state index contributed by atoms with van der Waals surface area (Å²) < 4.78 is 4.43. The van der Waals surface area contributed by atoms with E-state index < -0.39 is 5.91 Å². The maximum Gasteiger partial charge on any atom is 0.248 e. The molecule has 1 aliphatic rings. The van der Waals surface area contributed by atoms with E-state index in [0.29, 0.717) is 10.6 Å². The van der Waals surface area contributed by atoms with Crippen LogP contribution in [0.5, 0.6) is 0 Å². The summed E-state index contributed by atoms with van der Waals surface area (Å²) in [7, 11) is 0. The van der Waals surface area contributed by atoms with Gasteiger partial charge in [0.1, 0.15) is 0 Å². The van der Waals surface area contributed by atoms with Gasteiger partial charge in [-0.25, -0.2) is 0 Å². The van der Waals surface area contributed by atoms with Crippen molar-refractivity contribution in [1.29, 1.82) is 0 Å². The first-order chi connectivity index (χ1) is 11.0. The SMILES string of the molecule is Cc1nsc(C)c1N1CCN(c2cc(C(N)=O)ccc2Cl)CC1. The van der Waals surface area contributed by atoms with Crippen molar-refractivity contribution in [2.75, 3.05) is 36.0 Å². The average molecular weight is 351 g/mol. The highest BCUT2D eigenvalue weighted by molar-refractivity contribution is 7.06. The minimum absolute atomic E-state index is 0.433. The lowest BCUT2D eigenvalue weighted by atomic mass is 10.1. The Hall–Kier alpha value is -1.79. The van der Waals surface area contributed by atoms with Crippen LogP contribution in [0.25, 0.3) is 0 Å². The highest BCUT2D eigenvalue weighted by atomic mass is 35.5. The Balaban J connectivity index is 1.77. The number of piperazine rings is 1. The molecule has 23 heavy (non-hydrogen) atoms. The van der Waals surface area contributed by atoms with Crippen molar-refractivity contribution < 1.29 is 4.79 Å². The number of carbonyl (C=O) groups is 1. The first-order valence-electron chi connectivity index (χ1n) is 7.49. The van der Waals surface area contributed by atoms with Gasteiger partial charge < -0.3 is 15.5 Å². The molecular formula is C16H19ClN4OS. The van der Waals surface area contributed by atoms with E-state index in [0.717, 1.165) is 37.6 Å². The van der Waals surface area contributed by atoms with Crippen molar-refractivity contribution >= 4 is 40.4 Å². The van der Waals surface area contributed by atoms with Gasteiger partial charge in [0.15, 0.2) is 0 Å². The van der Waals surface area contributed by atoms with Crippen LogP contribution in [0, 0.1) is 13.8 Å². The molecule has 2 aromatic rings. The minimum atomic E-state index is -0.433. The number of amides is 1. The Labute approximate surface area is 144 Å². The van der Waals surface area contributed by atoms with E-state index in [1.165, 1.54) is 10.6 Å². The molecule has 0 atom stereocenters. The van der Waals surface area contributed by atoms with Crippen LogP contribution in [0.4, 0.5) is 11.4 Å². The number of halogens is 1. The van der Waals surface area contributed by atoms with Gasteiger partial charge in [0, 0.05) is 36.6 Å². The predicted octanol–water partition coefficient (Wildman–Crippen LogP) is 2.84. The van der Waals surface area contributed by atoms with Crippen LogP contribution >= 0.6 is 23.1 Å². The van der Waals surface area contributed by atoms with E-state index in [1.807, 2.05) is 0 Å². The van der Waals surface area contributed by atoms with Crippen LogP contribution in [0.1, 0.15) is 20.9 Å². The van der Waals surface area contributed by atoms with E-state index in [1.54, 1.807) is 29.7 Å². The molecule has 3 rings (SSSR count). The molecule has 122 valence electrons. The fourth-order valence-corrected chi connectivity index (χ4v) is 3.97. The zero-order chi connectivity index (χ0) is 16.6. The molecule has 0 radical (unpaired) electrons. The Kier molecular flexibility index (Phi) is 4.46. The molecule has 7 heteroatoms.